The first-order valence-electron chi connectivity index (χ1n) is 13.2. The molecule has 4 aliphatic carbocycles. The Morgan fingerprint density at radius 3 is 2.38 bits per heavy atom. The van der Waals surface area contributed by atoms with Gasteiger partial charge in [-0.1, -0.05) is 19.9 Å². The molecule has 188 valence electrons. The number of fused-ring (bicyclic) bond motifs is 5. The predicted molar refractivity (Wildman–Crippen MR) is 132 cm³/mol. The molecule has 0 aromatic heterocycles. The van der Waals surface area contributed by atoms with Gasteiger partial charge in [0.1, 0.15) is 0 Å². The second kappa shape index (κ2) is 8.83. The second-order valence-electron chi connectivity index (χ2n) is 12.2. The summed E-state index contributed by atoms with van der Waals surface area (Å²) in [5.74, 6) is 0.568. The first kappa shape index (κ1) is 25.0. The van der Waals surface area contributed by atoms with E-state index in [4.69, 9.17) is 0 Å². The van der Waals surface area contributed by atoms with E-state index >= 15 is 0 Å². The minimum Gasteiger partial charge on any atom is -0.478 e. The Labute approximate surface area is 204 Å². The third kappa shape index (κ3) is 3.91. The lowest BCUT2D eigenvalue weighted by Crippen LogP contribution is -2.55. The molecule has 0 bridgehead atoms. The molecule has 4 rings (SSSR count). The van der Waals surface area contributed by atoms with E-state index in [0.29, 0.717) is 29.7 Å². The molecule has 0 spiro atoms. The second-order valence-corrected chi connectivity index (χ2v) is 12.2. The average molecular weight is 471 g/mol. The van der Waals surface area contributed by atoms with Crippen LogP contribution >= 0.6 is 0 Å². The Morgan fingerprint density at radius 1 is 1.06 bits per heavy atom. The minimum atomic E-state index is -0.797. The number of urea groups is 1. The van der Waals surface area contributed by atoms with E-state index in [1.165, 1.54) is 10.5 Å². The van der Waals surface area contributed by atoms with Gasteiger partial charge in [-0.3, -0.25) is 9.69 Å². The van der Waals surface area contributed by atoms with Crippen LogP contribution in [0.1, 0.15) is 86.5 Å². The van der Waals surface area contributed by atoms with Crippen LogP contribution in [0.25, 0.3) is 0 Å². The van der Waals surface area contributed by atoms with E-state index in [9.17, 15) is 19.5 Å². The molecule has 3 amide bonds. The Balaban J connectivity index is 1.59. The molecule has 2 fully saturated rings. The molecule has 2 N–H and O–H groups in total. The summed E-state index contributed by atoms with van der Waals surface area (Å²) in [4.78, 5) is 39.7. The van der Waals surface area contributed by atoms with Crippen LogP contribution in [0, 0.1) is 34.5 Å². The smallest absolute Gasteiger partial charge is 0.331 e. The van der Waals surface area contributed by atoms with Gasteiger partial charge in [0, 0.05) is 23.6 Å². The Kier molecular flexibility index (Phi) is 6.50. The monoisotopic (exact) mass is 470 g/mol. The summed E-state index contributed by atoms with van der Waals surface area (Å²) < 4.78 is 0. The zero-order chi connectivity index (χ0) is 25.0. The molecule has 0 radical (unpaired) electrons. The number of amides is 3. The van der Waals surface area contributed by atoms with Crippen LogP contribution in [0.3, 0.4) is 0 Å². The molecule has 6 heteroatoms. The molecule has 6 nitrogen and oxygen atoms in total. The predicted octanol–water partition coefficient (Wildman–Crippen LogP) is 5.54. The van der Waals surface area contributed by atoms with Crippen molar-refractivity contribution < 1.29 is 19.5 Å². The summed E-state index contributed by atoms with van der Waals surface area (Å²) in [6, 6.07) is -0.474. The summed E-state index contributed by atoms with van der Waals surface area (Å²) in [6.45, 7) is 12.3. The molecule has 0 aromatic rings. The highest BCUT2D eigenvalue weighted by atomic mass is 16.4. The number of nitrogens with zero attached hydrogens (tertiary/aromatic N) is 1. The van der Waals surface area contributed by atoms with Crippen molar-refractivity contribution in [2.24, 2.45) is 34.5 Å². The van der Waals surface area contributed by atoms with Crippen LogP contribution in [0.2, 0.25) is 0 Å². The van der Waals surface area contributed by atoms with E-state index in [2.05, 4.69) is 25.2 Å². The number of carboxylic acids is 1. The van der Waals surface area contributed by atoms with Gasteiger partial charge in [0.25, 0.3) is 0 Å². The molecule has 0 aromatic carbocycles. The number of carboxylic acid groups (broad SMARTS) is 1. The number of nitrogens with one attached hydrogen (secondary N) is 1. The van der Waals surface area contributed by atoms with E-state index < -0.39 is 5.97 Å². The van der Waals surface area contributed by atoms with Crippen molar-refractivity contribution in [1.82, 2.24) is 10.2 Å². The van der Waals surface area contributed by atoms with Crippen LogP contribution in [0.5, 0.6) is 0 Å². The van der Waals surface area contributed by atoms with Gasteiger partial charge in [0.2, 0.25) is 5.91 Å². The van der Waals surface area contributed by atoms with Crippen molar-refractivity contribution in [3.8, 4) is 0 Å². The first-order valence-corrected chi connectivity index (χ1v) is 13.2. The Morgan fingerprint density at radius 2 is 1.76 bits per heavy atom. The summed E-state index contributed by atoms with van der Waals surface area (Å²) in [6.07, 6.45) is 10.6. The van der Waals surface area contributed by atoms with E-state index in [1.54, 1.807) is 0 Å². The number of rotatable bonds is 4. The summed E-state index contributed by atoms with van der Waals surface area (Å²) in [5, 5.41) is 12.4. The van der Waals surface area contributed by atoms with Gasteiger partial charge >= 0.3 is 12.0 Å². The molecule has 34 heavy (non-hydrogen) atoms. The summed E-state index contributed by atoms with van der Waals surface area (Å²) in [5.41, 5.74) is 1.67. The maximum atomic E-state index is 13.8. The minimum absolute atomic E-state index is 0.0125. The topological polar surface area (TPSA) is 86.7 Å². The van der Waals surface area contributed by atoms with Crippen LogP contribution < -0.4 is 5.32 Å². The highest BCUT2D eigenvalue weighted by Gasteiger charge is 2.60. The standard InChI is InChI=1S/C28H42N2O4/c1-16(2)29-26(34)30(17(3)4)24(31)23-10-9-21-20-8-7-19-15-18(25(32)33)11-13-27(19,5)22(20)12-14-28(21,23)6/h7,15-17,20-23H,8-14H2,1-6H3,(H,29,34)(H,32,33)/t20-,21-,22+,23?,27-,28-/m0/s1. The molecular weight excluding hydrogens is 428 g/mol. The lowest BCUT2D eigenvalue weighted by atomic mass is 9.48. The summed E-state index contributed by atoms with van der Waals surface area (Å²) in [7, 11) is 0. The molecule has 2 saturated carbocycles. The number of imide groups is 1. The van der Waals surface area contributed by atoms with Crippen LogP contribution in [0.15, 0.2) is 23.3 Å². The van der Waals surface area contributed by atoms with Gasteiger partial charge in [0.15, 0.2) is 0 Å². The number of carbonyl (C=O) groups excluding carboxylic acids is 2. The molecule has 0 heterocycles. The normalized spacial score (nSPS) is 36.7. The Bertz CT molecular complexity index is 935. The van der Waals surface area contributed by atoms with Crippen molar-refractivity contribution in [2.75, 3.05) is 0 Å². The van der Waals surface area contributed by atoms with Crippen LogP contribution in [0.4, 0.5) is 4.79 Å². The highest BCUT2D eigenvalue weighted by Crippen LogP contribution is 2.66. The lowest BCUT2D eigenvalue weighted by molar-refractivity contribution is -0.140. The SMILES string of the molecule is CC(C)NC(=O)N(C(=O)C1CC[C@H]2[C@@H]3CC=C4C=C(C(=O)O)CC[C@]4(C)[C@@H]3CC[C@]12C)C(C)C. The fourth-order valence-electron chi connectivity index (χ4n) is 7.97. The molecular formula is C28H42N2O4. The van der Waals surface area contributed by atoms with Crippen molar-refractivity contribution >= 4 is 17.9 Å². The van der Waals surface area contributed by atoms with E-state index in [1.807, 2.05) is 33.8 Å². The van der Waals surface area contributed by atoms with Crippen molar-refractivity contribution in [3.63, 3.8) is 0 Å². The fraction of sp³-hybridized carbons (Fsp3) is 0.750. The third-order valence-corrected chi connectivity index (χ3v) is 9.73. The number of allylic oxidation sites excluding steroid dienone is 3. The zero-order valence-corrected chi connectivity index (χ0v) is 21.7. The molecule has 6 atom stereocenters. The van der Waals surface area contributed by atoms with Gasteiger partial charge < -0.3 is 10.4 Å². The fourth-order valence-corrected chi connectivity index (χ4v) is 7.97. The van der Waals surface area contributed by atoms with Crippen LogP contribution in [-0.2, 0) is 9.59 Å². The third-order valence-electron chi connectivity index (χ3n) is 9.73. The number of hydrogen-bond acceptors (Lipinski definition) is 3. The first-order chi connectivity index (χ1) is 15.9. The molecule has 1 unspecified atom stereocenters. The Hall–Kier alpha value is -2.11. The largest absolute Gasteiger partial charge is 0.478 e. The van der Waals surface area contributed by atoms with Gasteiger partial charge in [0.05, 0.1) is 0 Å². The zero-order valence-electron chi connectivity index (χ0n) is 21.7. The highest BCUT2D eigenvalue weighted by molar-refractivity contribution is 5.96. The van der Waals surface area contributed by atoms with Gasteiger partial charge in [-0.15, -0.1) is 0 Å². The maximum Gasteiger partial charge on any atom is 0.331 e. The van der Waals surface area contributed by atoms with E-state index in [0.717, 1.165) is 38.5 Å². The van der Waals surface area contributed by atoms with Crippen molar-refractivity contribution in [3.05, 3.63) is 23.3 Å². The van der Waals surface area contributed by atoms with Gasteiger partial charge in [-0.2, -0.15) is 0 Å². The van der Waals surface area contributed by atoms with E-state index in [-0.39, 0.29) is 40.8 Å². The lowest BCUT2D eigenvalue weighted by Gasteiger charge is -2.57. The van der Waals surface area contributed by atoms with Crippen LogP contribution in [-0.4, -0.2) is 40.0 Å². The quantitative estimate of drug-likeness (QED) is 0.565. The molecule has 0 saturated heterocycles. The van der Waals surface area contributed by atoms with Gasteiger partial charge in [-0.05, 0) is 113 Å². The van der Waals surface area contributed by atoms with Gasteiger partial charge in [-0.25, -0.2) is 9.59 Å². The summed E-state index contributed by atoms with van der Waals surface area (Å²) >= 11 is 0. The maximum absolute atomic E-state index is 13.8. The number of aliphatic carboxylic acids is 1. The molecule has 4 aliphatic rings. The number of hydrogen-bond donors (Lipinski definition) is 2. The number of carbonyl (C=O) groups is 3. The van der Waals surface area contributed by atoms with Crippen molar-refractivity contribution in [2.45, 2.75) is 98.6 Å². The van der Waals surface area contributed by atoms with Crippen molar-refractivity contribution in [1.29, 1.82) is 0 Å². The average Bonchev–Trinajstić information content (AvgIpc) is 3.09. The molecule has 0 aliphatic heterocycles.